The second kappa shape index (κ2) is 7.11. The third-order valence-electron chi connectivity index (χ3n) is 4.50. The highest BCUT2D eigenvalue weighted by molar-refractivity contribution is 8.16. The molecule has 2 atom stereocenters. The van der Waals surface area contributed by atoms with Gasteiger partial charge in [-0.25, -0.2) is 8.42 Å². The Labute approximate surface area is 153 Å². The van der Waals surface area contributed by atoms with Crippen LogP contribution in [-0.2, 0) is 21.1 Å². The Hall–Kier alpha value is -1.34. The first-order chi connectivity index (χ1) is 11.8. The van der Waals surface area contributed by atoms with Gasteiger partial charge in [0.25, 0.3) is 0 Å². The van der Waals surface area contributed by atoms with Crippen molar-refractivity contribution < 1.29 is 13.2 Å². The minimum absolute atomic E-state index is 0.0551. The van der Waals surface area contributed by atoms with Crippen LogP contribution in [-0.4, -0.2) is 42.3 Å². The van der Waals surface area contributed by atoms with Crippen LogP contribution < -0.4 is 4.90 Å². The van der Waals surface area contributed by atoms with Crippen LogP contribution in [0.4, 0.5) is 5.69 Å². The quantitative estimate of drug-likeness (QED) is 0.803. The second-order valence-corrected chi connectivity index (χ2v) is 10.4. The molecular formula is C18H24N2O3S2. The number of aliphatic imine (C=N–C) groups is 1. The van der Waals surface area contributed by atoms with E-state index in [0.717, 1.165) is 17.7 Å². The number of carbonyl (C=O) groups is 1. The van der Waals surface area contributed by atoms with E-state index in [0.29, 0.717) is 11.6 Å². The van der Waals surface area contributed by atoms with Crippen LogP contribution in [0.15, 0.2) is 29.3 Å². The van der Waals surface area contributed by atoms with Crippen LogP contribution in [0.3, 0.4) is 0 Å². The van der Waals surface area contributed by atoms with Crippen molar-refractivity contribution in [2.75, 3.05) is 16.4 Å². The lowest BCUT2D eigenvalue weighted by atomic mass is 10.1. The summed E-state index contributed by atoms with van der Waals surface area (Å²) in [5, 5.41) is 0.594. The third-order valence-corrected chi connectivity index (χ3v) is 7.71. The van der Waals surface area contributed by atoms with E-state index in [-0.39, 0.29) is 34.6 Å². The van der Waals surface area contributed by atoms with Gasteiger partial charge in [-0.05, 0) is 24.0 Å². The Bertz CT molecular complexity index is 802. The van der Waals surface area contributed by atoms with Gasteiger partial charge in [-0.2, -0.15) is 4.99 Å². The molecule has 0 N–H and O–H groups in total. The summed E-state index contributed by atoms with van der Waals surface area (Å²) in [5.41, 5.74) is 2.11. The van der Waals surface area contributed by atoms with E-state index in [1.54, 1.807) is 0 Å². The predicted molar refractivity (Wildman–Crippen MR) is 104 cm³/mol. The number of para-hydroxylation sites is 1. The summed E-state index contributed by atoms with van der Waals surface area (Å²) in [6.07, 6.45) is 1.25. The minimum Gasteiger partial charge on any atom is -0.315 e. The molecule has 0 bridgehead atoms. The summed E-state index contributed by atoms with van der Waals surface area (Å²) >= 11 is 1.44. The molecule has 0 aromatic heterocycles. The van der Waals surface area contributed by atoms with Crippen LogP contribution in [0, 0.1) is 5.92 Å². The molecule has 2 aliphatic heterocycles. The summed E-state index contributed by atoms with van der Waals surface area (Å²) in [6.45, 7) is 6.06. The van der Waals surface area contributed by atoms with Gasteiger partial charge < -0.3 is 4.90 Å². The molecule has 1 amide bonds. The van der Waals surface area contributed by atoms with Gasteiger partial charge >= 0.3 is 0 Å². The number of thioether (sulfide) groups is 1. The van der Waals surface area contributed by atoms with Crippen molar-refractivity contribution >= 4 is 38.4 Å². The van der Waals surface area contributed by atoms with Gasteiger partial charge in [-0.15, -0.1) is 0 Å². The van der Waals surface area contributed by atoms with Crippen molar-refractivity contribution in [3.63, 3.8) is 0 Å². The van der Waals surface area contributed by atoms with Crippen molar-refractivity contribution in [1.82, 2.24) is 0 Å². The van der Waals surface area contributed by atoms with Gasteiger partial charge in [-0.3, -0.25) is 4.79 Å². The lowest BCUT2D eigenvalue weighted by molar-refractivity contribution is -0.118. The SMILES string of the molecule is CCc1ccccc1N1C(=NC(=O)CC(C)C)S[C@H]2CS(=O)(=O)C[C@H]21. The van der Waals surface area contributed by atoms with Crippen LogP contribution in [0.5, 0.6) is 0 Å². The first-order valence-electron chi connectivity index (χ1n) is 8.66. The van der Waals surface area contributed by atoms with Gasteiger partial charge in [0.1, 0.15) is 0 Å². The van der Waals surface area contributed by atoms with Gasteiger partial charge in [0.15, 0.2) is 15.0 Å². The fraction of sp³-hybridized carbons (Fsp3) is 0.556. The number of benzene rings is 1. The number of amidine groups is 1. The molecule has 0 spiro atoms. The minimum atomic E-state index is -3.04. The van der Waals surface area contributed by atoms with Crippen molar-refractivity contribution in [2.45, 2.75) is 44.9 Å². The average molecular weight is 381 g/mol. The number of carbonyl (C=O) groups excluding carboxylic acids is 1. The van der Waals surface area contributed by atoms with Crippen molar-refractivity contribution in [3.05, 3.63) is 29.8 Å². The van der Waals surface area contributed by atoms with Gasteiger partial charge in [0.2, 0.25) is 5.91 Å². The molecule has 7 heteroatoms. The molecule has 0 aliphatic carbocycles. The molecule has 25 heavy (non-hydrogen) atoms. The van der Waals surface area contributed by atoms with E-state index >= 15 is 0 Å². The number of rotatable bonds is 4. The molecule has 1 aromatic rings. The fourth-order valence-electron chi connectivity index (χ4n) is 3.39. The van der Waals surface area contributed by atoms with Crippen LogP contribution >= 0.6 is 11.8 Å². The maximum absolute atomic E-state index is 12.2. The van der Waals surface area contributed by atoms with Gasteiger partial charge in [0.05, 0.1) is 17.5 Å². The Kier molecular flexibility index (Phi) is 5.25. The highest BCUT2D eigenvalue weighted by Gasteiger charge is 2.49. The number of amides is 1. The largest absolute Gasteiger partial charge is 0.315 e. The van der Waals surface area contributed by atoms with Gasteiger partial charge in [-0.1, -0.05) is 50.7 Å². The summed E-state index contributed by atoms with van der Waals surface area (Å²) in [5.74, 6) is 0.392. The monoisotopic (exact) mass is 380 g/mol. The highest BCUT2D eigenvalue weighted by atomic mass is 32.2. The summed E-state index contributed by atoms with van der Waals surface area (Å²) in [7, 11) is -3.04. The molecule has 2 heterocycles. The van der Waals surface area contributed by atoms with E-state index < -0.39 is 9.84 Å². The maximum atomic E-state index is 12.2. The molecule has 0 radical (unpaired) electrons. The molecule has 0 unspecified atom stereocenters. The maximum Gasteiger partial charge on any atom is 0.248 e. The third kappa shape index (κ3) is 3.92. The van der Waals surface area contributed by atoms with Crippen LogP contribution in [0.25, 0.3) is 0 Å². The number of fused-ring (bicyclic) bond motifs is 1. The Morgan fingerprint density at radius 3 is 2.72 bits per heavy atom. The molecule has 136 valence electrons. The zero-order valence-electron chi connectivity index (χ0n) is 14.8. The Morgan fingerprint density at radius 1 is 1.32 bits per heavy atom. The number of aryl methyl sites for hydroxylation is 1. The fourth-order valence-corrected chi connectivity index (χ4v) is 7.32. The molecular weight excluding hydrogens is 356 g/mol. The summed E-state index contributed by atoms with van der Waals surface area (Å²) < 4.78 is 24.2. The van der Waals surface area contributed by atoms with Gasteiger partial charge in [0, 0.05) is 17.4 Å². The smallest absolute Gasteiger partial charge is 0.248 e. The van der Waals surface area contributed by atoms with Crippen molar-refractivity contribution in [3.8, 4) is 0 Å². The molecule has 2 saturated heterocycles. The number of sulfone groups is 1. The zero-order chi connectivity index (χ0) is 18.2. The van der Waals surface area contributed by atoms with Crippen molar-refractivity contribution in [1.29, 1.82) is 0 Å². The van der Waals surface area contributed by atoms with E-state index in [2.05, 4.69) is 11.9 Å². The lowest BCUT2D eigenvalue weighted by Crippen LogP contribution is -2.38. The first kappa shape index (κ1) is 18.5. The average Bonchev–Trinajstić information content (AvgIpc) is 2.97. The standard InChI is InChI=1S/C18H24N2O3S2/c1-4-13-7-5-6-8-14(13)20-15-10-25(22,23)11-16(15)24-18(20)19-17(21)9-12(2)3/h5-8,12,15-16H,4,9-11H2,1-3H3/t15-,16+/m1/s1. The molecule has 0 saturated carbocycles. The second-order valence-electron chi connectivity index (χ2n) is 7.04. The van der Waals surface area contributed by atoms with Crippen LogP contribution in [0.2, 0.25) is 0 Å². The molecule has 5 nitrogen and oxygen atoms in total. The molecule has 3 rings (SSSR count). The summed E-state index contributed by atoms with van der Waals surface area (Å²) in [6, 6.07) is 7.83. The van der Waals surface area contributed by atoms with E-state index in [4.69, 9.17) is 0 Å². The number of hydrogen-bond acceptors (Lipinski definition) is 4. The van der Waals surface area contributed by atoms with E-state index in [9.17, 15) is 13.2 Å². The predicted octanol–water partition coefficient (Wildman–Crippen LogP) is 2.90. The number of nitrogens with zero attached hydrogens (tertiary/aromatic N) is 2. The lowest BCUT2D eigenvalue weighted by Gasteiger charge is -2.26. The topological polar surface area (TPSA) is 66.8 Å². The van der Waals surface area contributed by atoms with E-state index in [1.165, 1.54) is 11.8 Å². The summed E-state index contributed by atoms with van der Waals surface area (Å²) in [4.78, 5) is 18.6. The number of anilines is 1. The van der Waals surface area contributed by atoms with Crippen LogP contribution in [0.1, 0.15) is 32.8 Å². The number of hydrogen-bond donors (Lipinski definition) is 0. The normalized spacial score (nSPS) is 26.4. The highest BCUT2D eigenvalue weighted by Crippen LogP contribution is 2.42. The zero-order valence-corrected chi connectivity index (χ0v) is 16.4. The van der Waals surface area contributed by atoms with Crippen molar-refractivity contribution in [2.24, 2.45) is 10.9 Å². The first-order valence-corrected chi connectivity index (χ1v) is 11.4. The van der Waals surface area contributed by atoms with E-state index in [1.807, 2.05) is 43.0 Å². The Morgan fingerprint density at radius 2 is 2.04 bits per heavy atom. The molecule has 1 aromatic carbocycles. The molecule has 2 aliphatic rings. The Balaban J connectivity index is 2.01. The molecule has 2 fully saturated rings.